The molecule has 20 aromatic carbocycles. The normalized spacial score (nSPS) is 20.2. The van der Waals surface area contributed by atoms with E-state index in [0.29, 0.717) is 0 Å². The predicted octanol–water partition coefficient (Wildman–Crippen LogP) is 28.7. The average Bonchev–Trinajstić information content (AvgIpc) is 1.31. The summed E-state index contributed by atoms with van der Waals surface area (Å²) >= 11 is 0. The third kappa shape index (κ3) is 9.00. The highest BCUT2D eigenvalue weighted by Gasteiger charge is 2.24. The van der Waals surface area contributed by atoms with Gasteiger partial charge in [-0.2, -0.15) is 0 Å². The highest BCUT2D eigenvalue weighted by Crippen LogP contribution is 2.52. The van der Waals surface area contributed by atoms with Crippen molar-refractivity contribution in [3.63, 3.8) is 0 Å². The van der Waals surface area contributed by atoms with Gasteiger partial charge in [0.15, 0.2) is 0 Å². The first-order valence-corrected chi connectivity index (χ1v) is 30.3. The Morgan fingerprint density at radius 1 is 0.157 bits per heavy atom. The van der Waals surface area contributed by atoms with Crippen LogP contribution in [-0.4, -0.2) is 0 Å². The second-order valence-corrected chi connectivity index (χ2v) is 22.5. The van der Waals surface area contributed by atoms with Crippen molar-refractivity contribution < 1.29 is 91.1 Å². The molecule has 0 aliphatic carbocycles. The molecule has 0 bridgehead atoms. The van der Waals surface area contributed by atoms with Gasteiger partial charge in [0.25, 0.3) is 0 Å². The van der Waals surface area contributed by atoms with Crippen molar-refractivity contribution in [2.75, 3.05) is 0 Å². The van der Waals surface area contributed by atoms with Crippen LogP contribution in [0.5, 0.6) is 0 Å². The summed E-state index contributed by atoms with van der Waals surface area (Å²) in [6.07, 6.45) is 0. The molecule has 22 rings (SSSR count). The van der Waals surface area contributed by atoms with Crippen LogP contribution >= 0.6 is 0 Å². The standard InChI is InChI=1S/2C50H30O/c1-2-15-33-30-47-45(29-32(33)14-1)50-39(25-12-26-46(50)51-47)37-27-28-44(36-19-6-5-18-35(36)37)49-42-22-9-7-20-40(42)48(41-21-8-10-23-43(41)49)38-24-11-16-31-13-3-4-17-34(31)38;1-2-13-32-28-35(25-24-31(32)12-1)48-40-18-7-9-20-42(40)49(43-21-10-8-19-41(43)48)44-27-26-38(36-16-5-6-17-37(36)44)39-22-11-23-46-50(39)45-29-33-14-3-4-15-34(33)30-47(45)51-46/h2*1-30H/i2*1D,2D,3D,4D,5D,6D,7D,8D,9D,10D,11D,12D,13D,14D,15D,16D,17D,18D,19D,20D,21D,22D,23D,24D,25D,26D,27D,28D,29D,30D. The molecular formula is C100H60O2. The molecule has 102 heavy (non-hydrogen) atoms. The quantitative estimate of drug-likeness (QED) is 0.155. The Bertz CT molecular complexity index is 10900. The van der Waals surface area contributed by atoms with Crippen LogP contribution in [0, 0.1) is 0 Å². The van der Waals surface area contributed by atoms with Crippen molar-refractivity contribution in [3.8, 4) is 66.8 Å². The zero-order valence-electron chi connectivity index (χ0n) is 111. The zero-order chi connectivity index (χ0) is 119. The summed E-state index contributed by atoms with van der Waals surface area (Å²) in [5.74, 6) is 0. The summed E-state index contributed by atoms with van der Waals surface area (Å²) < 4.78 is 560. The first-order valence-electron chi connectivity index (χ1n) is 60.3. The summed E-state index contributed by atoms with van der Waals surface area (Å²) in [4.78, 5) is 0. The number of rotatable bonds is 6. The molecule has 0 N–H and O–H groups in total. The lowest BCUT2D eigenvalue weighted by atomic mass is 9.83. The minimum Gasteiger partial charge on any atom is -0.456 e. The van der Waals surface area contributed by atoms with Crippen molar-refractivity contribution in [2.24, 2.45) is 0 Å². The number of fused-ring (bicyclic) bond motifs is 16. The highest BCUT2D eigenvalue weighted by atomic mass is 16.3. The van der Waals surface area contributed by atoms with Crippen LogP contribution < -0.4 is 0 Å². The number of hydrogen-bond donors (Lipinski definition) is 0. The molecule has 0 saturated heterocycles. The Labute approximate surface area is 671 Å². The van der Waals surface area contributed by atoms with E-state index in [-0.39, 0.29) is 0 Å². The lowest BCUT2D eigenvalue weighted by Crippen LogP contribution is -1.93. The third-order valence-corrected chi connectivity index (χ3v) is 17.2. The van der Waals surface area contributed by atoms with E-state index in [4.69, 9.17) is 56.8 Å². The van der Waals surface area contributed by atoms with Gasteiger partial charge in [-0.05, 0) is 217 Å². The Morgan fingerprint density at radius 2 is 0.441 bits per heavy atom. The van der Waals surface area contributed by atoms with E-state index in [0.717, 1.165) is 0 Å². The fourth-order valence-corrected chi connectivity index (χ4v) is 13.0. The predicted molar refractivity (Wildman–Crippen MR) is 435 cm³/mol. The van der Waals surface area contributed by atoms with Crippen molar-refractivity contribution in [2.45, 2.75) is 0 Å². The molecule has 0 aliphatic heterocycles. The lowest BCUT2D eigenvalue weighted by Gasteiger charge is -2.20. The fraction of sp³-hybridized carbons (Fsp3) is 0. The van der Waals surface area contributed by atoms with Crippen molar-refractivity contribution in [1.82, 2.24) is 0 Å². The first-order chi connectivity index (χ1) is 75.6. The monoisotopic (exact) mass is 1350 g/mol. The largest absolute Gasteiger partial charge is 0.456 e. The van der Waals surface area contributed by atoms with E-state index in [1.54, 1.807) is 0 Å². The molecule has 0 unspecified atom stereocenters. The van der Waals surface area contributed by atoms with Crippen LogP contribution in [0.3, 0.4) is 0 Å². The van der Waals surface area contributed by atoms with Crippen LogP contribution in [0.4, 0.5) is 0 Å². The highest BCUT2D eigenvalue weighted by molar-refractivity contribution is 6.29. The van der Waals surface area contributed by atoms with E-state index in [1.165, 1.54) is 0 Å². The molecule has 2 nitrogen and oxygen atoms in total. The maximum atomic E-state index is 10.1. The average molecular weight is 1350 g/mol. The molecule has 0 amide bonds. The van der Waals surface area contributed by atoms with Gasteiger partial charge >= 0.3 is 0 Å². The van der Waals surface area contributed by atoms with Gasteiger partial charge in [-0.15, -0.1) is 0 Å². The maximum Gasteiger partial charge on any atom is 0.136 e. The Hall–Kier alpha value is -13.4. The van der Waals surface area contributed by atoms with E-state index in [2.05, 4.69) is 0 Å². The second-order valence-electron chi connectivity index (χ2n) is 22.5. The SMILES string of the molecule is [2H]c1c([2H])c(-c2c([2H])c([2H])c(-c3c4c([2H])c([2H])c([2H])c([2H])c4c(-c4c([2H])c([2H])c([2H])c5c([2H])c([2H])c([2H])c([2H])c45)c4c([2H])c([2H])c([2H])c([2H])c34)c3c([2H])c([2H])c([2H])c([2H])c23)c2c(oc3c([2H])c4c([2H])c([2H])c([2H])c([2H])c4c([2H])c32)c1[2H].[2H]c1c([2H])c(-c2c([2H])c([2H])c(-c3c4c([2H])c([2H])c([2H])c([2H])c4c(-c4c([2H])c([2H])c5c([2H])c([2H])c([2H])c([2H])c5c4[2H])c4c([2H])c([2H])c([2H])c([2H])c34)c3c([2H])c([2H])c([2H])c([2H])c23)c2c(oc3c([2H])c4c([2H])c([2H])c([2H])c([2H])c4c([2H])c32)c1[2H]. The van der Waals surface area contributed by atoms with Gasteiger partial charge in [-0.3, -0.25) is 0 Å². The fourth-order valence-electron chi connectivity index (χ4n) is 13.0. The number of benzene rings is 20. The van der Waals surface area contributed by atoms with Crippen molar-refractivity contribution in [3.05, 3.63) is 363 Å². The van der Waals surface area contributed by atoms with Crippen molar-refractivity contribution >= 4 is 152 Å². The Kier molecular flexibility index (Phi) is 5.42. The molecule has 2 heterocycles. The molecule has 0 saturated carbocycles. The van der Waals surface area contributed by atoms with Crippen LogP contribution in [-0.2, 0) is 0 Å². The maximum absolute atomic E-state index is 10.1. The molecule has 0 aliphatic rings. The first kappa shape index (κ1) is 23.9. The molecular weight excluding hydrogens is 1230 g/mol. The van der Waals surface area contributed by atoms with Crippen LogP contribution in [0.1, 0.15) is 82.2 Å². The van der Waals surface area contributed by atoms with E-state index < -0.39 is 581 Å². The van der Waals surface area contributed by atoms with Gasteiger partial charge in [0.05, 0.1) is 82.2 Å². The minimum atomic E-state index is -1.15. The van der Waals surface area contributed by atoms with Gasteiger partial charge in [-0.25, -0.2) is 0 Å². The van der Waals surface area contributed by atoms with E-state index in [1.807, 2.05) is 0 Å². The summed E-state index contributed by atoms with van der Waals surface area (Å²) in [6, 6.07) is -57.4. The van der Waals surface area contributed by atoms with Gasteiger partial charge in [0.1, 0.15) is 22.3 Å². The molecule has 0 atom stereocenters. The molecule has 0 fully saturated rings. The van der Waals surface area contributed by atoms with E-state index in [9.17, 15) is 34.3 Å². The van der Waals surface area contributed by atoms with Crippen LogP contribution in [0.2, 0.25) is 0 Å². The summed E-state index contributed by atoms with van der Waals surface area (Å²) in [5, 5.41) is -16.4. The molecule has 22 aromatic rings. The van der Waals surface area contributed by atoms with Crippen LogP contribution in [0.15, 0.2) is 371 Å². The van der Waals surface area contributed by atoms with Crippen LogP contribution in [0.25, 0.3) is 218 Å². The molecule has 0 spiro atoms. The summed E-state index contributed by atoms with van der Waals surface area (Å²) in [7, 11) is 0. The summed E-state index contributed by atoms with van der Waals surface area (Å²) in [5.41, 5.74) is -12.1. The van der Waals surface area contributed by atoms with Gasteiger partial charge in [-0.1, -0.05) is 320 Å². The number of furan rings is 2. The Morgan fingerprint density at radius 3 is 0.863 bits per heavy atom. The van der Waals surface area contributed by atoms with Gasteiger partial charge in [0, 0.05) is 21.5 Å². The third-order valence-electron chi connectivity index (χ3n) is 17.2. The number of hydrogen-bond acceptors (Lipinski definition) is 2. The van der Waals surface area contributed by atoms with Gasteiger partial charge in [0.2, 0.25) is 0 Å². The van der Waals surface area contributed by atoms with Gasteiger partial charge < -0.3 is 8.83 Å². The molecule has 2 heteroatoms. The minimum absolute atomic E-state index is 0.491. The second kappa shape index (κ2) is 23.1. The van der Waals surface area contributed by atoms with Crippen molar-refractivity contribution in [1.29, 1.82) is 0 Å². The lowest BCUT2D eigenvalue weighted by molar-refractivity contribution is 0.669. The summed E-state index contributed by atoms with van der Waals surface area (Å²) in [6.45, 7) is 0. The Balaban J connectivity index is 0.000000186. The zero-order valence-corrected chi connectivity index (χ0v) is 50.8. The molecule has 472 valence electrons. The molecule has 2 aromatic heterocycles. The smallest absolute Gasteiger partial charge is 0.136 e. The molecule has 0 radical (unpaired) electrons. The topological polar surface area (TPSA) is 26.3 Å². The van der Waals surface area contributed by atoms with E-state index >= 15 is 0 Å².